The zero-order valence-corrected chi connectivity index (χ0v) is 10.5. The van der Waals surface area contributed by atoms with Crippen LogP contribution in [0.2, 0.25) is 0 Å². The minimum absolute atomic E-state index is 0.159. The van der Waals surface area contributed by atoms with Crippen LogP contribution in [-0.2, 0) is 4.79 Å². The normalized spacial score (nSPS) is 19.5. The number of hydrogen-bond acceptors (Lipinski definition) is 3. The molecule has 0 aromatic rings. The van der Waals surface area contributed by atoms with Crippen LogP contribution in [0.5, 0.6) is 0 Å². The van der Waals surface area contributed by atoms with Gasteiger partial charge in [0.25, 0.3) is 0 Å². The van der Waals surface area contributed by atoms with E-state index in [2.05, 4.69) is 10.2 Å². The minimum Gasteiger partial charge on any atom is -0.481 e. The molecule has 0 aliphatic carbocycles. The van der Waals surface area contributed by atoms with E-state index >= 15 is 0 Å². The Bertz CT molecular complexity index is 283. The molecule has 0 spiro atoms. The highest BCUT2D eigenvalue weighted by atomic mass is 16.4. The standard InChI is InChI=1S/C11H21N3O3/c1-9(10(15)16)8-12-11(17)14-5-3-4-13(2)6-7-14/h9H,3-8H2,1-2H3,(H,12,17)(H,15,16). The Morgan fingerprint density at radius 2 is 2.00 bits per heavy atom. The van der Waals surface area contributed by atoms with Crippen LogP contribution >= 0.6 is 0 Å². The molecule has 0 saturated carbocycles. The first-order valence-corrected chi connectivity index (χ1v) is 5.95. The van der Waals surface area contributed by atoms with Crippen molar-refractivity contribution in [2.45, 2.75) is 13.3 Å². The first-order valence-electron chi connectivity index (χ1n) is 5.95. The van der Waals surface area contributed by atoms with Gasteiger partial charge >= 0.3 is 12.0 Å². The fourth-order valence-corrected chi connectivity index (χ4v) is 1.69. The lowest BCUT2D eigenvalue weighted by Gasteiger charge is -2.21. The predicted molar refractivity (Wildman–Crippen MR) is 63.9 cm³/mol. The lowest BCUT2D eigenvalue weighted by molar-refractivity contribution is -0.140. The Kier molecular flexibility index (Phi) is 5.21. The van der Waals surface area contributed by atoms with Gasteiger partial charge < -0.3 is 20.2 Å². The second-order valence-corrected chi connectivity index (χ2v) is 4.57. The zero-order chi connectivity index (χ0) is 12.8. The average Bonchev–Trinajstić information content (AvgIpc) is 2.50. The fraction of sp³-hybridized carbons (Fsp3) is 0.818. The molecular weight excluding hydrogens is 222 g/mol. The molecule has 0 radical (unpaired) electrons. The maximum absolute atomic E-state index is 11.8. The maximum atomic E-state index is 11.8. The van der Waals surface area contributed by atoms with E-state index in [0.717, 1.165) is 26.1 Å². The molecule has 1 rings (SSSR count). The van der Waals surface area contributed by atoms with Gasteiger partial charge in [0.1, 0.15) is 0 Å². The summed E-state index contributed by atoms with van der Waals surface area (Å²) in [5, 5.41) is 11.4. The van der Waals surface area contributed by atoms with Crippen LogP contribution < -0.4 is 5.32 Å². The monoisotopic (exact) mass is 243 g/mol. The van der Waals surface area contributed by atoms with Crippen LogP contribution in [0.3, 0.4) is 0 Å². The number of aliphatic carboxylic acids is 1. The summed E-state index contributed by atoms with van der Waals surface area (Å²) in [6, 6.07) is -0.159. The number of carbonyl (C=O) groups is 2. The summed E-state index contributed by atoms with van der Waals surface area (Å²) in [6.07, 6.45) is 0.957. The van der Waals surface area contributed by atoms with Crippen LogP contribution in [0.25, 0.3) is 0 Å². The van der Waals surface area contributed by atoms with Crippen molar-refractivity contribution < 1.29 is 14.7 Å². The molecular formula is C11H21N3O3. The molecule has 6 nitrogen and oxygen atoms in total. The maximum Gasteiger partial charge on any atom is 0.317 e. The molecule has 2 N–H and O–H groups in total. The topological polar surface area (TPSA) is 72.9 Å². The Morgan fingerprint density at radius 1 is 1.29 bits per heavy atom. The Morgan fingerprint density at radius 3 is 2.65 bits per heavy atom. The third kappa shape index (κ3) is 4.60. The molecule has 1 aliphatic rings. The summed E-state index contributed by atoms with van der Waals surface area (Å²) in [4.78, 5) is 26.3. The van der Waals surface area contributed by atoms with Crippen LogP contribution in [0.1, 0.15) is 13.3 Å². The summed E-state index contributed by atoms with van der Waals surface area (Å²) >= 11 is 0. The molecule has 1 atom stereocenters. The van der Waals surface area contributed by atoms with E-state index in [4.69, 9.17) is 5.11 Å². The van der Waals surface area contributed by atoms with Crippen molar-refractivity contribution in [3.8, 4) is 0 Å². The van der Waals surface area contributed by atoms with Gasteiger partial charge in [-0.1, -0.05) is 6.92 Å². The average molecular weight is 243 g/mol. The van der Waals surface area contributed by atoms with E-state index in [9.17, 15) is 9.59 Å². The van der Waals surface area contributed by atoms with E-state index < -0.39 is 11.9 Å². The number of carboxylic acids is 1. The van der Waals surface area contributed by atoms with Crippen molar-refractivity contribution >= 4 is 12.0 Å². The zero-order valence-electron chi connectivity index (χ0n) is 10.5. The number of carbonyl (C=O) groups excluding carboxylic acids is 1. The molecule has 0 aromatic heterocycles. The fourth-order valence-electron chi connectivity index (χ4n) is 1.69. The lowest BCUT2D eigenvalue weighted by atomic mass is 10.2. The van der Waals surface area contributed by atoms with Crippen molar-refractivity contribution in [2.75, 3.05) is 39.8 Å². The van der Waals surface area contributed by atoms with Crippen molar-refractivity contribution in [3.63, 3.8) is 0 Å². The summed E-state index contributed by atoms with van der Waals surface area (Å²) in [7, 11) is 2.04. The van der Waals surface area contributed by atoms with Gasteiger partial charge in [0.05, 0.1) is 5.92 Å². The van der Waals surface area contributed by atoms with E-state index in [1.165, 1.54) is 0 Å². The number of amides is 2. The van der Waals surface area contributed by atoms with Gasteiger partial charge in [-0.2, -0.15) is 0 Å². The smallest absolute Gasteiger partial charge is 0.317 e. The Hall–Kier alpha value is -1.30. The van der Waals surface area contributed by atoms with Crippen molar-refractivity contribution in [3.05, 3.63) is 0 Å². The number of urea groups is 1. The number of likely N-dealkylation sites (N-methyl/N-ethyl adjacent to an activating group) is 1. The SMILES string of the molecule is CC(CNC(=O)N1CCCN(C)CC1)C(=O)O. The summed E-state index contributed by atoms with van der Waals surface area (Å²) in [6.45, 7) is 5.05. The molecule has 1 unspecified atom stereocenters. The van der Waals surface area contributed by atoms with Gasteiger partial charge in [-0.25, -0.2) is 4.79 Å². The summed E-state index contributed by atoms with van der Waals surface area (Å²) in [5.74, 6) is -1.44. The van der Waals surface area contributed by atoms with Crippen LogP contribution in [0, 0.1) is 5.92 Å². The van der Waals surface area contributed by atoms with Crippen LogP contribution in [0.15, 0.2) is 0 Å². The molecule has 1 aliphatic heterocycles. The van der Waals surface area contributed by atoms with Gasteiger partial charge in [-0.15, -0.1) is 0 Å². The van der Waals surface area contributed by atoms with Crippen molar-refractivity contribution in [1.82, 2.24) is 15.1 Å². The highest BCUT2D eigenvalue weighted by molar-refractivity contribution is 5.75. The van der Waals surface area contributed by atoms with Crippen molar-refractivity contribution in [2.24, 2.45) is 5.92 Å². The lowest BCUT2D eigenvalue weighted by Crippen LogP contribution is -2.43. The van der Waals surface area contributed by atoms with E-state index in [1.807, 2.05) is 7.05 Å². The van der Waals surface area contributed by atoms with E-state index in [-0.39, 0.29) is 12.6 Å². The summed E-state index contributed by atoms with van der Waals surface area (Å²) < 4.78 is 0. The first kappa shape index (κ1) is 13.8. The van der Waals surface area contributed by atoms with Gasteiger partial charge in [-0.05, 0) is 20.0 Å². The molecule has 1 heterocycles. The molecule has 1 saturated heterocycles. The highest BCUT2D eigenvalue weighted by Gasteiger charge is 2.18. The molecule has 0 aromatic carbocycles. The molecule has 6 heteroatoms. The Labute approximate surface area is 102 Å². The van der Waals surface area contributed by atoms with E-state index in [1.54, 1.807) is 11.8 Å². The number of nitrogens with one attached hydrogen (secondary N) is 1. The number of rotatable bonds is 3. The predicted octanol–water partition coefficient (Wildman–Crippen LogP) is 0.0542. The van der Waals surface area contributed by atoms with Gasteiger partial charge in [0.2, 0.25) is 0 Å². The minimum atomic E-state index is -0.888. The second kappa shape index (κ2) is 6.44. The van der Waals surface area contributed by atoms with Gasteiger partial charge in [-0.3, -0.25) is 4.79 Å². The molecule has 0 bridgehead atoms. The van der Waals surface area contributed by atoms with Crippen molar-refractivity contribution in [1.29, 1.82) is 0 Å². The van der Waals surface area contributed by atoms with Gasteiger partial charge in [0.15, 0.2) is 0 Å². The molecule has 2 amide bonds. The highest BCUT2D eigenvalue weighted by Crippen LogP contribution is 2.01. The quantitative estimate of drug-likeness (QED) is 0.735. The van der Waals surface area contributed by atoms with Crippen LogP contribution in [-0.4, -0.2) is 66.7 Å². The van der Waals surface area contributed by atoms with Crippen LogP contribution in [0.4, 0.5) is 4.79 Å². The van der Waals surface area contributed by atoms with E-state index in [0.29, 0.717) is 6.54 Å². The number of nitrogens with zero attached hydrogens (tertiary/aromatic N) is 2. The first-order chi connectivity index (χ1) is 8.00. The molecule has 1 fully saturated rings. The number of carboxylic acid groups (broad SMARTS) is 1. The third-order valence-corrected chi connectivity index (χ3v) is 2.99. The largest absolute Gasteiger partial charge is 0.481 e. The second-order valence-electron chi connectivity index (χ2n) is 4.57. The molecule has 17 heavy (non-hydrogen) atoms. The summed E-state index contributed by atoms with van der Waals surface area (Å²) in [5.41, 5.74) is 0. The molecule has 98 valence electrons. The number of hydrogen-bond donors (Lipinski definition) is 2. The Balaban J connectivity index is 2.34. The van der Waals surface area contributed by atoms with Gasteiger partial charge in [0, 0.05) is 26.2 Å². The third-order valence-electron chi connectivity index (χ3n) is 2.99.